The molecule has 0 heterocycles. The Morgan fingerprint density at radius 1 is 1.54 bits per heavy atom. The van der Waals surface area contributed by atoms with E-state index in [9.17, 15) is 4.79 Å². The van der Waals surface area contributed by atoms with Crippen molar-refractivity contribution in [1.82, 2.24) is 0 Å². The van der Waals surface area contributed by atoms with Gasteiger partial charge in [-0.2, -0.15) is 0 Å². The van der Waals surface area contributed by atoms with Gasteiger partial charge in [-0.3, -0.25) is 0 Å². The molecule has 4 heteroatoms. The highest BCUT2D eigenvalue weighted by Crippen LogP contribution is 2.12. The first kappa shape index (κ1) is 10.5. The summed E-state index contributed by atoms with van der Waals surface area (Å²) in [5, 5.41) is 0. The standard InChI is InChI=1S/C9H10INO2/c1-13-9(12)7-2-6(5-11)3-8(10)4-7/h2-4H,5,11H2,1H3. The van der Waals surface area contributed by atoms with Crippen LogP contribution in [-0.4, -0.2) is 13.1 Å². The monoisotopic (exact) mass is 291 g/mol. The fraction of sp³-hybridized carbons (Fsp3) is 0.222. The van der Waals surface area contributed by atoms with Gasteiger partial charge >= 0.3 is 5.97 Å². The van der Waals surface area contributed by atoms with Gasteiger partial charge in [-0.1, -0.05) is 0 Å². The maximum Gasteiger partial charge on any atom is 0.337 e. The second kappa shape index (κ2) is 4.57. The molecule has 0 unspecified atom stereocenters. The summed E-state index contributed by atoms with van der Waals surface area (Å²) in [6.07, 6.45) is 0. The van der Waals surface area contributed by atoms with E-state index in [0.29, 0.717) is 12.1 Å². The van der Waals surface area contributed by atoms with Crippen molar-refractivity contribution in [1.29, 1.82) is 0 Å². The summed E-state index contributed by atoms with van der Waals surface area (Å²) in [5.74, 6) is -0.326. The Labute approximate surface area is 90.4 Å². The maximum atomic E-state index is 11.2. The van der Waals surface area contributed by atoms with Crippen LogP contribution in [0.15, 0.2) is 18.2 Å². The SMILES string of the molecule is COC(=O)c1cc(I)cc(CN)c1. The van der Waals surface area contributed by atoms with E-state index in [2.05, 4.69) is 27.3 Å². The Bertz CT molecular complexity index is 325. The van der Waals surface area contributed by atoms with Crippen molar-refractivity contribution in [3.05, 3.63) is 32.9 Å². The smallest absolute Gasteiger partial charge is 0.337 e. The molecule has 0 aliphatic heterocycles. The minimum atomic E-state index is -0.326. The third kappa shape index (κ3) is 2.67. The van der Waals surface area contributed by atoms with Crippen LogP contribution in [0.2, 0.25) is 0 Å². The number of halogens is 1. The highest BCUT2D eigenvalue weighted by atomic mass is 127. The number of nitrogens with two attached hydrogens (primary N) is 1. The molecule has 0 bridgehead atoms. The van der Waals surface area contributed by atoms with Gasteiger partial charge in [0.1, 0.15) is 0 Å². The molecule has 1 aromatic carbocycles. The molecule has 1 rings (SSSR count). The number of hydrogen-bond acceptors (Lipinski definition) is 3. The molecule has 13 heavy (non-hydrogen) atoms. The van der Waals surface area contributed by atoms with Crippen molar-refractivity contribution in [2.24, 2.45) is 5.73 Å². The second-order valence-electron chi connectivity index (χ2n) is 2.54. The zero-order valence-corrected chi connectivity index (χ0v) is 9.37. The van der Waals surface area contributed by atoms with Crippen molar-refractivity contribution < 1.29 is 9.53 Å². The molecular formula is C9H10INO2. The summed E-state index contributed by atoms with van der Waals surface area (Å²) in [4.78, 5) is 11.2. The highest BCUT2D eigenvalue weighted by Gasteiger charge is 2.06. The summed E-state index contributed by atoms with van der Waals surface area (Å²) >= 11 is 2.14. The fourth-order valence-corrected chi connectivity index (χ4v) is 1.74. The molecule has 1 aromatic rings. The van der Waals surface area contributed by atoms with E-state index in [1.54, 1.807) is 12.1 Å². The Balaban J connectivity index is 3.08. The Kier molecular flexibility index (Phi) is 3.68. The largest absolute Gasteiger partial charge is 0.465 e. The lowest BCUT2D eigenvalue weighted by Gasteiger charge is -2.03. The number of rotatable bonds is 2. The number of benzene rings is 1. The lowest BCUT2D eigenvalue weighted by Crippen LogP contribution is -2.04. The molecular weight excluding hydrogens is 281 g/mol. The van der Waals surface area contributed by atoms with Crippen molar-refractivity contribution in [2.45, 2.75) is 6.54 Å². The molecule has 0 amide bonds. The van der Waals surface area contributed by atoms with Crippen LogP contribution in [0.5, 0.6) is 0 Å². The number of hydrogen-bond donors (Lipinski definition) is 1. The van der Waals surface area contributed by atoms with Crippen LogP contribution in [0.1, 0.15) is 15.9 Å². The van der Waals surface area contributed by atoms with Crippen molar-refractivity contribution in [3.8, 4) is 0 Å². The molecule has 0 saturated heterocycles. The summed E-state index contributed by atoms with van der Waals surface area (Å²) in [6, 6.07) is 5.45. The topological polar surface area (TPSA) is 52.3 Å². The average molecular weight is 291 g/mol. The normalized spacial score (nSPS) is 9.77. The molecule has 0 radical (unpaired) electrons. The van der Waals surface area contributed by atoms with Crippen LogP contribution >= 0.6 is 22.6 Å². The first-order chi connectivity index (χ1) is 6.17. The van der Waals surface area contributed by atoms with Crippen LogP contribution in [0, 0.1) is 3.57 Å². The van der Waals surface area contributed by atoms with Crippen LogP contribution < -0.4 is 5.73 Å². The molecule has 0 aliphatic carbocycles. The Morgan fingerprint density at radius 2 is 2.23 bits per heavy atom. The molecule has 0 fully saturated rings. The minimum Gasteiger partial charge on any atom is -0.465 e. The van der Waals surface area contributed by atoms with Gasteiger partial charge in [-0.25, -0.2) is 4.79 Å². The maximum absolute atomic E-state index is 11.2. The third-order valence-electron chi connectivity index (χ3n) is 1.61. The number of methoxy groups -OCH3 is 1. The fourth-order valence-electron chi connectivity index (χ4n) is 1.00. The summed E-state index contributed by atoms with van der Waals surface area (Å²) < 4.78 is 5.59. The van der Waals surface area contributed by atoms with Gasteiger partial charge in [-0.05, 0) is 46.4 Å². The van der Waals surface area contributed by atoms with Gasteiger partial charge in [0.25, 0.3) is 0 Å². The number of carbonyl (C=O) groups excluding carboxylic acids is 1. The van der Waals surface area contributed by atoms with E-state index in [4.69, 9.17) is 5.73 Å². The molecule has 0 saturated carbocycles. The quantitative estimate of drug-likeness (QED) is 0.664. The van der Waals surface area contributed by atoms with E-state index >= 15 is 0 Å². The summed E-state index contributed by atoms with van der Waals surface area (Å²) in [7, 11) is 1.37. The highest BCUT2D eigenvalue weighted by molar-refractivity contribution is 14.1. The molecule has 2 N–H and O–H groups in total. The predicted molar refractivity (Wildman–Crippen MR) is 58.4 cm³/mol. The van der Waals surface area contributed by atoms with Gasteiger partial charge < -0.3 is 10.5 Å². The first-order valence-electron chi connectivity index (χ1n) is 3.75. The second-order valence-corrected chi connectivity index (χ2v) is 3.79. The summed E-state index contributed by atoms with van der Waals surface area (Å²) in [5.41, 5.74) is 6.96. The molecule has 0 aliphatic rings. The predicted octanol–water partition coefficient (Wildman–Crippen LogP) is 1.54. The van der Waals surface area contributed by atoms with Gasteiger partial charge in [-0.15, -0.1) is 0 Å². The number of ether oxygens (including phenoxy) is 1. The van der Waals surface area contributed by atoms with Crippen LogP contribution in [0.25, 0.3) is 0 Å². The van der Waals surface area contributed by atoms with E-state index in [-0.39, 0.29) is 5.97 Å². The molecule has 3 nitrogen and oxygen atoms in total. The van der Waals surface area contributed by atoms with Crippen molar-refractivity contribution in [3.63, 3.8) is 0 Å². The minimum absolute atomic E-state index is 0.326. The number of carbonyl (C=O) groups is 1. The molecule has 0 atom stereocenters. The zero-order valence-electron chi connectivity index (χ0n) is 7.21. The lowest BCUT2D eigenvalue weighted by atomic mass is 10.1. The molecule has 0 spiro atoms. The van der Waals surface area contributed by atoms with Gasteiger partial charge in [0, 0.05) is 10.1 Å². The van der Waals surface area contributed by atoms with Crippen molar-refractivity contribution in [2.75, 3.05) is 7.11 Å². The first-order valence-corrected chi connectivity index (χ1v) is 4.83. The van der Waals surface area contributed by atoms with E-state index in [1.165, 1.54) is 7.11 Å². The molecule has 70 valence electrons. The van der Waals surface area contributed by atoms with Crippen LogP contribution in [0.4, 0.5) is 0 Å². The van der Waals surface area contributed by atoms with E-state index in [0.717, 1.165) is 9.13 Å². The third-order valence-corrected chi connectivity index (χ3v) is 2.24. The van der Waals surface area contributed by atoms with Gasteiger partial charge in [0.15, 0.2) is 0 Å². The number of esters is 1. The van der Waals surface area contributed by atoms with Gasteiger partial charge in [0.2, 0.25) is 0 Å². The Hall–Kier alpha value is -0.620. The van der Waals surface area contributed by atoms with Gasteiger partial charge in [0.05, 0.1) is 12.7 Å². The molecule has 0 aromatic heterocycles. The van der Waals surface area contributed by atoms with E-state index < -0.39 is 0 Å². The van der Waals surface area contributed by atoms with E-state index in [1.807, 2.05) is 6.07 Å². The zero-order chi connectivity index (χ0) is 9.84. The summed E-state index contributed by atoms with van der Waals surface area (Å²) in [6.45, 7) is 0.431. The lowest BCUT2D eigenvalue weighted by molar-refractivity contribution is 0.0600. The van der Waals surface area contributed by atoms with Crippen LogP contribution in [0.3, 0.4) is 0 Å². The van der Waals surface area contributed by atoms with Crippen molar-refractivity contribution >= 4 is 28.6 Å². The van der Waals surface area contributed by atoms with Crippen LogP contribution in [-0.2, 0) is 11.3 Å². The Morgan fingerprint density at radius 3 is 2.77 bits per heavy atom. The average Bonchev–Trinajstić information content (AvgIpc) is 2.15.